The molecule has 1 atom stereocenters. The van der Waals surface area contributed by atoms with Crippen molar-refractivity contribution in [3.8, 4) is 6.07 Å². The number of rotatable bonds is 4. The molecule has 1 rings (SSSR count). The molecule has 0 spiro atoms. The van der Waals surface area contributed by atoms with Gasteiger partial charge in [-0.2, -0.15) is 5.26 Å². The minimum absolute atomic E-state index is 0.122. The Hall–Kier alpha value is -2.45. The zero-order valence-corrected chi connectivity index (χ0v) is 10.7. The Balaban J connectivity index is 2.96. The lowest BCUT2D eigenvalue weighted by Gasteiger charge is -2.04. The molecule has 0 radical (unpaired) electrons. The first-order valence-electron chi connectivity index (χ1n) is 5.63. The molecule has 0 aliphatic rings. The van der Waals surface area contributed by atoms with E-state index in [1.165, 1.54) is 32.1 Å². The molecule has 1 aromatic carbocycles. The second-order valence-corrected chi connectivity index (χ2v) is 3.95. The van der Waals surface area contributed by atoms with Gasteiger partial charge in [-0.1, -0.05) is 12.1 Å². The molecule has 0 aliphatic carbocycles. The third kappa shape index (κ3) is 4.37. The number of nitriles is 1. The average molecular weight is 258 g/mol. The Bertz CT molecular complexity index is 569. The minimum Gasteiger partial charge on any atom is -0.444 e. The number of nitrogens with zero attached hydrogens (tertiary/aromatic N) is 1. The largest absolute Gasteiger partial charge is 0.444 e. The second-order valence-electron chi connectivity index (χ2n) is 3.95. The summed E-state index contributed by atoms with van der Waals surface area (Å²) < 4.78 is 4.72. The fraction of sp³-hybridized carbons (Fsp3) is 0.214. The number of esters is 1. The summed E-state index contributed by atoms with van der Waals surface area (Å²) in [6.45, 7) is 2.96. The maximum atomic E-state index is 11.3. The van der Waals surface area contributed by atoms with Gasteiger partial charge in [-0.25, -0.2) is 4.79 Å². The van der Waals surface area contributed by atoms with Crippen LogP contribution in [0.25, 0.3) is 6.08 Å². The first-order chi connectivity index (χ1) is 8.93. The van der Waals surface area contributed by atoms with Gasteiger partial charge in [0, 0.05) is 11.6 Å². The van der Waals surface area contributed by atoms with Crippen LogP contribution < -0.4 is 5.73 Å². The van der Waals surface area contributed by atoms with Crippen molar-refractivity contribution < 1.29 is 14.3 Å². The van der Waals surface area contributed by atoms with Crippen LogP contribution in [-0.4, -0.2) is 18.0 Å². The number of ether oxygens (including phenoxy) is 1. The van der Waals surface area contributed by atoms with E-state index in [0.717, 1.165) is 0 Å². The van der Waals surface area contributed by atoms with Gasteiger partial charge in [-0.3, -0.25) is 10.5 Å². The highest BCUT2D eigenvalue weighted by molar-refractivity contribution is 5.95. The van der Waals surface area contributed by atoms with Gasteiger partial charge in [-0.05, 0) is 31.6 Å². The summed E-state index contributed by atoms with van der Waals surface area (Å²) in [5.41, 5.74) is 6.61. The number of hydrogen-bond donors (Lipinski definition) is 1. The standard InChI is InChI=1S/C14H14N2O3/c1-9(17)12-4-3-11(13(7-12)8-15)5-6-14(18)19-10(2)16/h3-7,10H,16H2,1-2H3/b6-5+. The molecule has 2 N–H and O–H groups in total. The highest BCUT2D eigenvalue weighted by Crippen LogP contribution is 2.13. The molecule has 1 unspecified atom stereocenters. The quantitative estimate of drug-likeness (QED) is 0.383. The Morgan fingerprint density at radius 2 is 2.16 bits per heavy atom. The van der Waals surface area contributed by atoms with Gasteiger partial charge in [0.1, 0.15) is 6.23 Å². The van der Waals surface area contributed by atoms with Crippen molar-refractivity contribution in [1.29, 1.82) is 5.26 Å². The van der Waals surface area contributed by atoms with E-state index in [2.05, 4.69) is 0 Å². The van der Waals surface area contributed by atoms with E-state index < -0.39 is 12.2 Å². The molecule has 0 amide bonds. The van der Waals surface area contributed by atoms with E-state index in [9.17, 15) is 9.59 Å². The van der Waals surface area contributed by atoms with Crippen molar-refractivity contribution in [3.05, 3.63) is 41.0 Å². The summed E-state index contributed by atoms with van der Waals surface area (Å²) in [7, 11) is 0. The zero-order valence-electron chi connectivity index (χ0n) is 10.7. The summed E-state index contributed by atoms with van der Waals surface area (Å²) in [4.78, 5) is 22.5. The minimum atomic E-state index is -0.687. The Kier molecular flexibility index (Phi) is 4.98. The predicted octanol–water partition coefficient (Wildman–Crippen LogP) is 1.62. The third-order valence-electron chi connectivity index (χ3n) is 2.28. The van der Waals surface area contributed by atoms with Crippen LogP contribution in [0, 0.1) is 11.3 Å². The first-order valence-corrected chi connectivity index (χ1v) is 5.63. The molecule has 5 heteroatoms. The van der Waals surface area contributed by atoms with Gasteiger partial charge in [0.25, 0.3) is 0 Å². The van der Waals surface area contributed by atoms with Gasteiger partial charge in [0.15, 0.2) is 5.78 Å². The van der Waals surface area contributed by atoms with E-state index in [1.54, 1.807) is 12.1 Å². The lowest BCUT2D eigenvalue weighted by Crippen LogP contribution is -2.22. The van der Waals surface area contributed by atoms with Crippen LogP contribution in [0.1, 0.15) is 35.3 Å². The molecule has 0 saturated heterocycles. The monoisotopic (exact) mass is 258 g/mol. The van der Waals surface area contributed by atoms with Crippen molar-refractivity contribution in [2.45, 2.75) is 20.1 Å². The SMILES string of the molecule is CC(=O)c1ccc(/C=C/C(=O)OC(C)N)c(C#N)c1. The van der Waals surface area contributed by atoms with Gasteiger partial charge < -0.3 is 4.74 Å². The summed E-state index contributed by atoms with van der Waals surface area (Å²) >= 11 is 0. The van der Waals surface area contributed by atoms with Crippen LogP contribution in [0.4, 0.5) is 0 Å². The number of carbonyl (C=O) groups excluding carboxylic acids is 2. The normalized spacial score (nSPS) is 11.9. The number of nitrogens with two attached hydrogens (primary N) is 1. The smallest absolute Gasteiger partial charge is 0.332 e. The number of hydrogen-bond acceptors (Lipinski definition) is 5. The molecule has 5 nitrogen and oxygen atoms in total. The molecule has 0 aromatic heterocycles. The highest BCUT2D eigenvalue weighted by atomic mass is 16.5. The maximum Gasteiger partial charge on any atom is 0.332 e. The summed E-state index contributed by atoms with van der Waals surface area (Å²) in [5, 5.41) is 9.00. The lowest BCUT2D eigenvalue weighted by molar-refractivity contribution is -0.141. The van der Waals surface area contributed by atoms with Gasteiger partial charge in [0.05, 0.1) is 11.6 Å². The van der Waals surface area contributed by atoms with E-state index in [-0.39, 0.29) is 5.78 Å². The molecule has 0 heterocycles. The van der Waals surface area contributed by atoms with Crippen LogP contribution in [-0.2, 0) is 9.53 Å². The summed E-state index contributed by atoms with van der Waals surface area (Å²) in [5.74, 6) is -0.710. The van der Waals surface area contributed by atoms with Crippen molar-refractivity contribution in [2.75, 3.05) is 0 Å². The maximum absolute atomic E-state index is 11.3. The molecule has 0 saturated carbocycles. The molecular weight excluding hydrogens is 244 g/mol. The van der Waals surface area contributed by atoms with Gasteiger partial charge >= 0.3 is 5.97 Å². The topological polar surface area (TPSA) is 93.2 Å². The number of carbonyl (C=O) groups is 2. The molecule has 0 aliphatic heterocycles. The summed E-state index contributed by atoms with van der Waals surface area (Å²) in [6, 6.07) is 6.66. The number of Topliss-reactive ketones (excluding diaryl/α,β-unsaturated/α-hetero) is 1. The van der Waals surface area contributed by atoms with Crippen molar-refractivity contribution in [1.82, 2.24) is 0 Å². The van der Waals surface area contributed by atoms with Crippen LogP contribution in [0.15, 0.2) is 24.3 Å². The Morgan fingerprint density at radius 1 is 1.47 bits per heavy atom. The van der Waals surface area contributed by atoms with Gasteiger partial charge in [-0.15, -0.1) is 0 Å². The fourth-order valence-corrected chi connectivity index (χ4v) is 1.40. The average Bonchev–Trinajstić information content (AvgIpc) is 2.35. The lowest BCUT2D eigenvalue weighted by atomic mass is 10.0. The van der Waals surface area contributed by atoms with Crippen LogP contribution >= 0.6 is 0 Å². The van der Waals surface area contributed by atoms with E-state index in [4.69, 9.17) is 15.7 Å². The van der Waals surface area contributed by atoms with E-state index in [0.29, 0.717) is 16.7 Å². The molecule has 1 aromatic rings. The first kappa shape index (κ1) is 14.6. The van der Waals surface area contributed by atoms with Crippen molar-refractivity contribution in [2.24, 2.45) is 5.73 Å². The fourth-order valence-electron chi connectivity index (χ4n) is 1.40. The Morgan fingerprint density at radius 3 is 2.68 bits per heavy atom. The van der Waals surface area contributed by atoms with E-state index >= 15 is 0 Å². The van der Waals surface area contributed by atoms with E-state index in [1.807, 2.05) is 6.07 Å². The highest BCUT2D eigenvalue weighted by Gasteiger charge is 2.05. The molecule has 98 valence electrons. The van der Waals surface area contributed by atoms with Crippen LogP contribution in [0.5, 0.6) is 0 Å². The predicted molar refractivity (Wildman–Crippen MR) is 69.9 cm³/mol. The number of ketones is 1. The number of benzene rings is 1. The zero-order chi connectivity index (χ0) is 14.4. The summed E-state index contributed by atoms with van der Waals surface area (Å²) in [6.07, 6.45) is 1.95. The van der Waals surface area contributed by atoms with Crippen molar-refractivity contribution in [3.63, 3.8) is 0 Å². The molecule has 0 bridgehead atoms. The van der Waals surface area contributed by atoms with Crippen molar-refractivity contribution >= 4 is 17.8 Å². The molecule has 19 heavy (non-hydrogen) atoms. The molecule has 0 fully saturated rings. The van der Waals surface area contributed by atoms with Crippen LogP contribution in [0.2, 0.25) is 0 Å². The third-order valence-corrected chi connectivity index (χ3v) is 2.28. The van der Waals surface area contributed by atoms with Gasteiger partial charge in [0.2, 0.25) is 0 Å². The molecular formula is C14H14N2O3. The Labute approximate surface area is 111 Å². The second kappa shape index (κ2) is 6.47. The van der Waals surface area contributed by atoms with Crippen LogP contribution in [0.3, 0.4) is 0 Å².